The Labute approximate surface area is 165 Å². The summed E-state index contributed by atoms with van der Waals surface area (Å²) in [7, 11) is 0. The van der Waals surface area contributed by atoms with Crippen molar-refractivity contribution in [1.29, 1.82) is 0 Å². The Morgan fingerprint density at radius 2 is 2.04 bits per heavy atom. The second-order valence-corrected chi connectivity index (χ2v) is 7.35. The molecule has 1 unspecified atom stereocenters. The van der Waals surface area contributed by atoms with E-state index < -0.39 is 11.9 Å². The predicted octanol–water partition coefficient (Wildman–Crippen LogP) is 4.51. The molecular weight excluding hydrogens is 367 g/mol. The van der Waals surface area contributed by atoms with E-state index in [0.717, 1.165) is 17.5 Å². The van der Waals surface area contributed by atoms with Gasteiger partial charge in [0.1, 0.15) is 5.82 Å². The molecule has 1 aromatic heterocycles. The normalized spacial score (nSPS) is 12.3. The van der Waals surface area contributed by atoms with E-state index in [1.54, 1.807) is 23.4 Å². The largest absolute Gasteiger partial charge is 0.386 e. The van der Waals surface area contributed by atoms with Gasteiger partial charge < -0.3 is 10.0 Å². The lowest BCUT2D eigenvalue weighted by Crippen LogP contribution is -2.36. The standard InChI is InChI=1S/C21H26ClFN2O2/c1-4-9-25(21(27)11-15-5-6-19(23)18(22)10-15)13-20(26)17-12-24-8-7-16(17)14(2)3/h5-8,10,12,14,20,26H,4,9,11,13H2,1-3H3. The molecule has 1 aromatic carbocycles. The van der Waals surface area contributed by atoms with Gasteiger partial charge in [-0.3, -0.25) is 9.78 Å². The molecule has 2 rings (SSSR count). The number of halogens is 2. The van der Waals surface area contributed by atoms with Crippen molar-refractivity contribution in [2.75, 3.05) is 13.1 Å². The van der Waals surface area contributed by atoms with Crippen LogP contribution in [0.15, 0.2) is 36.7 Å². The number of carbonyl (C=O) groups excluding carboxylic acids is 1. The summed E-state index contributed by atoms with van der Waals surface area (Å²) in [6, 6.07) is 6.18. The number of aliphatic hydroxyl groups is 1. The van der Waals surface area contributed by atoms with Gasteiger partial charge in [0.15, 0.2) is 0 Å². The van der Waals surface area contributed by atoms with Gasteiger partial charge in [-0.05, 0) is 41.7 Å². The zero-order valence-corrected chi connectivity index (χ0v) is 16.7. The van der Waals surface area contributed by atoms with Crippen LogP contribution in [0, 0.1) is 5.82 Å². The summed E-state index contributed by atoms with van der Waals surface area (Å²) in [5.74, 6) is -0.394. The molecule has 2 aromatic rings. The van der Waals surface area contributed by atoms with E-state index in [1.165, 1.54) is 12.1 Å². The third kappa shape index (κ3) is 5.75. The van der Waals surface area contributed by atoms with Crippen molar-refractivity contribution >= 4 is 17.5 Å². The molecular formula is C21H26ClFN2O2. The first-order valence-electron chi connectivity index (χ1n) is 9.17. The minimum Gasteiger partial charge on any atom is -0.386 e. The van der Waals surface area contributed by atoms with Crippen molar-refractivity contribution in [3.05, 3.63) is 64.2 Å². The summed E-state index contributed by atoms with van der Waals surface area (Å²) >= 11 is 5.80. The van der Waals surface area contributed by atoms with Crippen molar-refractivity contribution in [3.8, 4) is 0 Å². The molecule has 0 radical (unpaired) electrons. The Kier molecular flexibility index (Phi) is 7.75. The van der Waals surface area contributed by atoms with Crippen molar-refractivity contribution < 1.29 is 14.3 Å². The monoisotopic (exact) mass is 392 g/mol. The maximum absolute atomic E-state index is 13.3. The third-order valence-electron chi connectivity index (χ3n) is 4.45. The van der Waals surface area contributed by atoms with Crippen LogP contribution < -0.4 is 0 Å². The Hall–Kier alpha value is -1.98. The molecule has 0 aliphatic heterocycles. The molecule has 6 heteroatoms. The summed E-state index contributed by atoms with van der Waals surface area (Å²) in [6.45, 7) is 6.80. The fourth-order valence-electron chi connectivity index (χ4n) is 3.05. The van der Waals surface area contributed by atoms with Gasteiger partial charge >= 0.3 is 0 Å². The van der Waals surface area contributed by atoms with Crippen LogP contribution in [0.5, 0.6) is 0 Å². The molecule has 0 saturated carbocycles. The quantitative estimate of drug-likeness (QED) is 0.719. The molecule has 0 spiro atoms. The highest BCUT2D eigenvalue weighted by Gasteiger charge is 2.21. The number of amides is 1. The highest BCUT2D eigenvalue weighted by Crippen LogP contribution is 2.25. The lowest BCUT2D eigenvalue weighted by atomic mass is 9.95. The van der Waals surface area contributed by atoms with Crippen LogP contribution in [0.4, 0.5) is 4.39 Å². The van der Waals surface area contributed by atoms with Crippen LogP contribution in [0.2, 0.25) is 5.02 Å². The van der Waals surface area contributed by atoms with E-state index in [2.05, 4.69) is 18.8 Å². The number of carbonyl (C=O) groups is 1. The number of nitrogens with zero attached hydrogens (tertiary/aromatic N) is 2. The molecule has 146 valence electrons. The summed E-state index contributed by atoms with van der Waals surface area (Å²) in [4.78, 5) is 18.5. The van der Waals surface area contributed by atoms with E-state index in [0.29, 0.717) is 12.1 Å². The molecule has 1 heterocycles. The molecule has 4 nitrogen and oxygen atoms in total. The van der Waals surface area contributed by atoms with Crippen molar-refractivity contribution in [3.63, 3.8) is 0 Å². The number of aromatic nitrogens is 1. The van der Waals surface area contributed by atoms with Crippen LogP contribution >= 0.6 is 11.6 Å². The van der Waals surface area contributed by atoms with Gasteiger partial charge in [0.05, 0.1) is 24.1 Å². The summed E-state index contributed by atoms with van der Waals surface area (Å²) in [5.41, 5.74) is 2.41. The second-order valence-electron chi connectivity index (χ2n) is 6.94. The minimum absolute atomic E-state index is 0.000638. The third-order valence-corrected chi connectivity index (χ3v) is 4.74. The number of hydrogen-bond donors (Lipinski definition) is 1. The molecule has 1 amide bonds. The van der Waals surface area contributed by atoms with Crippen molar-refractivity contribution in [2.24, 2.45) is 0 Å². The number of rotatable bonds is 8. The molecule has 0 fully saturated rings. The van der Waals surface area contributed by atoms with Crippen LogP contribution in [-0.2, 0) is 11.2 Å². The van der Waals surface area contributed by atoms with Gasteiger partial charge in [-0.25, -0.2) is 4.39 Å². The zero-order chi connectivity index (χ0) is 20.0. The zero-order valence-electron chi connectivity index (χ0n) is 16.0. The molecule has 0 bridgehead atoms. The first kappa shape index (κ1) is 21.3. The van der Waals surface area contributed by atoms with E-state index in [-0.39, 0.29) is 29.8 Å². The number of hydrogen-bond acceptors (Lipinski definition) is 3. The molecule has 0 saturated heterocycles. The van der Waals surface area contributed by atoms with Crippen molar-refractivity contribution in [2.45, 2.75) is 45.6 Å². The highest BCUT2D eigenvalue weighted by molar-refractivity contribution is 6.30. The van der Waals surface area contributed by atoms with Crippen molar-refractivity contribution in [1.82, 2.24) is 9.88 Å². The first-order chi connectivity index (χ1) is 12.8. The fraction of sp³-hybridized carbons (Fsp3) is 0.429. The van der Waals surface area contributed by atoms with Gasteiger partial charge in [-0.15, -0.1) is 0 Å². The number of aliphatic hydroxyl groups excluding tert-OH is 1. The SMILES string of the molecule is CCCN(CC(O)c1cnccc1C(C)C)C(=O)Cc1ccc(F)c(Cl)c1. The topological polar surface area (TPSA) is 53.4 Å². The second kappa shape index (κ2) is 9.81. The van der Waals surface area contributed by atoms with Gasteiger partial charge in [0, 0.05) is 24.5 Å². The summed E-state index contributed by atoms with van der Waals surface area (Å²) < 4.78 is 13.3. The highest BCUT2D eigenvalue weighted by atomic mass is 35.5. The van der Waals surface area contributed by atoms with Gasteiger partial charge in [0.25, 0.3) is 0 Å². The minimum atomic E-state index is -0.816. The Bertz CT molecular complexity index is 783. The Morgan fingerprint density at radius 3 is 2.67 bits per heavy atom. The lowest BCUT2D eigenvalue weighted by molar-refractivity contribution is -0.132. The van der Waals surface area contributed by atoms with Gasteiger partial charge in [-0.2, -0.15) is 0 Å². The number of pyridine rings is 1. The molecule has 0 aliphatic rings. The smallest absolute Gasteiger partial charge is 0.227 e. The summed E-state index contributed by atoms with van der Waals surface area (Å²) in [5, 5.41) is 10.7. The van der Waals surface area contributed by atoms with Crippen LogP contribution in [-0.4, -0.2) is 34.0 Å². The van der Waals surface area contributed by atoms with E-state index in [4.69, 9.17) is 11.6 Å². The molecule has 1 N–H and O–H groups in total. The maximum atomic E-state index is 13.3. The summed E-state index contributed by atoms with van der Waals surface area (Å²) in [6.07, 6.45) is 3.43. The van der Waals surface area contributed by atoms with Gasteiger partial charge in [-0.1, -0.05) is 38.4 Å². The number of benzene rings is 1. The predicted molar refractivity (Wildman–Crippen MR) is 105 cm³/mol. The van der Waals surface area contributed by atoms with E-state index in [9.17, 15) is 14.3 Å². The maximum Gasteiger partial charge on any atom is 0.227 e. The van der Waals surface area contributed by atoms with Crippen LogP contribution in [0.1, 0.15) is 55.9 Å². The average Bonchev–Trinajstić information content (AvgIpc) is 2.64. The average molecular weight is 393 g/mol. The Morgan fingerprint density at radius 1 is 1.30 bits per heavy atom. The van der Waals surface area contributed by atoms with E-state index in [1.807, 2.05) is 13.0 Å². The van der Waals surface area contributed by atoms with Gasteiger partial charge in [0.2, 0.25) is 5.91 Å². The molecule has 0 aliphatic carbocycles. The lowest BCUT2D eigenvalue weighted by Gasteiger charge is -2.26. The van der Waals surface area contributed by atoms with E-state index >= 15 is 0 Å². The first-order valence-corrected chi connectivity index (χ1v) is 9.54. The van der Waals surface area contributed by atoms with Crippen LogP contribution in [0.3, 0.4) is 0 Å². The fourth-order valence-corrected chi connectivity index (χ4v) is 3.26. The van der Waals surface area contributed by atoms with Crippen LogP contribution in [0.25, 0.3) is 0 Å². The Balaban J connectivity index is 2.14. The molecule has 27 heavy (non-hydrogen) atoms. The molecule has 1 atom stereocenters.